The van der Waals surface area contributed by atoms with Gasteiger partial charge in [-0.2, -0.15) is 0 Å². The summed E-state index contributed by atoms with van der Waals surface area (Å²) in [5.74, 6) is 1.30. The molecule has 0 radical (unpaired) electrons. The molecule has 0 bridgehead atoms. The van der Waals surface area contributed by atoms with Gasteiger partial charge in [-0.05, 0) is 77.5 Å². The van der Waals surface area contributed by atoms with Crippen LogP contribution in [0.3, 0.4) is 0 Å². The van der Waals surface area contributed by atoms with Crippen LogP contribution in [0.25, 0.3) is 11.6 Å². The number of hydrogen-bond acceptors (Lipinski definition) is 1. The van der Waals surface area contributed by atoms with E-state index in [0.717, 1.165) is 5.71 Å². The third kappa shape index (κ3) is 2.64. The molecule has 0 atom stereocenters. The molecule has 26 heavy (non-hydrogen) atoms. The third-order valence-corrected chi connectivity index (χ3v) is 7.05. The molecule has 1 aromatic rings. The fraction of sp³-hybridized carbons (Fsp3) is 0.480. The molecule has 1 nitrogen and oxygen atoms in total. The molecular formula is C25H29N. The van der Waals surface area contributed by atoms with Gasteiger partial charge in [0.05, 0.1) is 5.71 Å². The Balaban J connectivity index is 1.64. The minimum atomic E-state index is 0.621. The summed E-state index contributed by atoms with van der Waals surface area (Å²) >= 11 is 0. The summed E-state index contributed by atoms with van der Waals surface area (Å²) < 4.78 is 0. The lowest BCUT2D eigenvalue weighted by Gasteiger charge is -2.34. The first kappa shape index (κ1) is 16.3. The number of rotatable bonds is 2. The molecule has 5 rings (SSSR count). The van der Waals surface area contributed by atoms with Crippen molar-refractivity contribution >= 4 is 17.4 Å². The van der Waals surface area contributed by atoms with Crippen molar-refractivity contribution in [1.82, 2.24) is 0 Å². The molecule has 1 aromatic carbocycles. The average molecular weight is 344 g/mol. The maximum absolute atomic E-state index is 9.17. The molecule has 0 spiro atoms. The van der Waals surface area contributed by atoms with E-state index >= 15 is 0 Å². The Labute approximate surface area is 157 Å². The summed E-state index contributed by atoms with van der Waals surface area (Å²) in [5.41, 5.74) is 8.97. The van der Waals surface area contributed by atoms with Gasteiger partial charge >= 0.3 is 0 Å². The van der Waals surface area contributed by atoms with Crippen LogP contribution in [-0.4, -0.2) is 5.71 Å². The predicted octanol–water partition coefficient (Wildman–Crippen LogP) is 6.96. The monoisotopic (exact) mass is 343 g/mol. The van der Waals surface area contributed by atoms with Crippen LogP contribution >= 0.6 is 0 Å². The highest BCUT2D eigenvalue weighted by atomic mass is 14.5. The topological polar surface area (TPSA) is 23.9 Å². The van der Waals surface area contributed by atoms with Crippen LogP contribution in [0.1, 0.15) is 75.3 Å². The number of fused-ring (bicyclic) bond motifs is 3. The SMILES string of the molecule is N=C1C2=Cc3ccccc3C2=CC(C2CCCCC2)=C1C1CCCCC1. The molecule has 0 aromatic heterocycles. The van der Waals surface area contributed by atoms with Crippen molar-refractivity contribution < 1.29 is 0 Å². The van der Waals surface area contributed by atoms with Crippen molar-refractivity contribution in [1.29, 1.82) is 5.41 Å². The zero-order valence-corrected chi connectivity index (χ0v) is 15.7. The van der Waals surface area contributed by atoms with E-state index in [-0.39, 0.29) is 0 Å². The maximum Gasteiger partial charge on any atom is 0.0656 e. The molecule has 1 heteroatoms. The molecule has 2 fully saturated rings. The van der Waals surface area contributed by atoms with Gasteiger partial charge in [-0.3, -0.25) is 5.41 Å². The normalized spacial score (nSPS) is 24.2. The summed E-state index contributed by atoms with van der Waals surface area (Å²) in [7, 11) is 0. The van der Waals surface area contributed by atoms with Crippen molar-refractivity contribution in [3.8, 4) is 0 Å². The van der Waals surface area contributed by atoms with Gasteiger partial charge in [0.25, 0.3) is 0 Å². The van der Waals surface area contributed by atoms with Crippen molar-refractivity contribution in [2.24, 2.45) is 11.8 Å². The molecule has 4 aliphatic rings. The number of benzene rings is 1. The van der Waals surface area contributed by atoms with Crippen molar-refractivity contribution in [3.63, 3.8) is 0 Å². The maximum atomic E-state index is 9.17. The van der Waals surface area contributed by atoms with Crippen LogP contribution in [0.4, 0.5) is 0 Å². The minimum Gasteiger partial charge on any atom is -0.300 e. The Morgan fingerprint density at radius 1 is 0.692 bits per heavy atom. The van der Waals surface area contributed by atoms with E-state index < -0.39 is 0 Å². The number of allylic oxidation sites excluding steroid dienone is 5. The van der Waals surface area contributed by atoms with Crippen LogP contribution in [0.2, 0.25) is 0 Å². The Morgan fingerprint density at radius 3 is 2.08 bits per heavy atom. The van der Waals surface area contributed by atoms with Crippen LogP contribution in [0.15, 0.2) is 47.1 Å². The Morgan fingerprint density at radius 2 is 1.35 bits per heavy atom. The van der Waals surface area contributed by atoms with Crippen LogP contribution in [0, 0.1) is 17.2 Å². The van der Waals surface area contributed by atoms with E-state index in [0.29, 0.717) is 11.8 Å². The predicted molar refractivity (Wildman–Crippen MR) is 110 cm³/mol. The van der Waals surface area contributed by atoms with Crippen LogP contribution < -0.4 is 0 Å². The van der Waals surface area contributed by atoms with Gasteiger partial charge in [0.1, 0.15) is 0 Å². The molecule has 0 saturated heterocycles. The number of nitrogens with one attached hydrogen (secondary N) is 1. The summed E-state index contributed by atoms with van der Waals surface area (Å²) in [6, 6.07) is 8.70. The molecule has 0 heterocycles. The lowest BCUT2D eigenvalue weighted by Crippen LogP contribution is -2.25. The largest absolute Gasteiger partial charge is 0.300 e. The highest BCUT2D eigenvalue weighted by Gasteiger charge is 2.35. The molecule has 2 saturated carbocycles. The van der Waals surface area contributed by atoms with Gasteiger partial charge in [0.2, 0.25) is 0 Å². The summed E-state index contributed by atoms with van der Waals surface area (Å²) in [6.07, 6.45) is 18.2. The van der Waals surface area contributed by atoms with Crippen LogP contribution in [0.5, 0.6) is 0 Å². The van der Waals surface area contributed by atoms with Gasteiger partial charge in [-0.15, -0.1) is 0 Å². The second-order valence-electron chi connectivity index (χ2n) is 8.62. The van der Waals surface area contributed by atoms with E-state index in [1.54, 1.807) is 5.57 Å². The summed E-state index contributed by atoms with van der Waals surface area (Å²) in [6.45, 7) is 0. The second-order valence-corrected chi connectivity index (χ2v) is 8.62. The van der Waals surface area contributed by atoms with E-state index in [4.69, 9.17) is 5.41 Å². The highest BCUT2D eigenvalue weighted by molar-refractivity contribution is 6.27. The average Bonchev–Trinajstić information content (AvgIpc) is 3.08. The molecule has 134 valence electrons. The summed E-state index contributed by atoms with van der Waals surface area (Å²) in [4.78, 5) is 0. The Kier molecular flexibility index (Phi) is 4.19. The lowest BCUT2D eigenvalue weighted by molar-refractivity contribution is 0.385. The molecule has 4 aliphatic carbocycles. The van der Waals surface area contributed by atoms with Gasteiger partial charge < -0.3 is 0 Å². The Hall–Kier alpha value is -1.89. The van der Waals surface area contributed by atoms with E-state index in [9.17, 15) is 0 Å². The molecule has 0 unspecified atom stereocenters. The first-order valence-electron chi connectivity index (χ1n) is 10.7. The molecule has 1 N–H and O–H groups in total. The molecule has 0 amide bonds. The summed E-state index contributed by atoms with van der Waals surface area (Å²) in [5, 5.41) is 9.17. The second kappa shape index (κ2) is 6.68. The fourth-order valence-electron chi connectivity index (χ4n) is 5.71. The first-order chi connectivity index (χ1) is 12.8. The standard InChI is InChI=1S/C25H29N/c26-25-23-15-19-13-7-8-14-20(19)22(23)16-21(17-9-3-1-4-10-17)24(25)18-11-5-2-6-12-18/h7-8,13-18,26H,1-6,9-12H2. The van der Waals surface area contributed by atoms with Gasteiger partial charge in [0, 0.05) is 5.57 Å². The lowest BCUT2D eigenvalue weighted by atomic mass is 9.70. The van der Waals surface area contributed by atoms with Crippen LogP contribution in [-0.2, 0) is 0 Å². The number of hydrogen-bond donors (Lipinski definition) is 1. The van der Waals surface area contributed by atoms with E-state index in [1.807, 2.05) is 0 Å². The van der Waals surface area contributed by atoms with Crippen molar-refractivity contribution in [2.75, 3.05) is 0 Å². The third-order valence-electron chi connectivity index (χ3n) is 7.05. The van der Waals surface area contributed by atoms with Gasteiger partial charge in [0.15, 0.2) is 0 Å². The van der Waals surface area contributed by atoms with Crippen molar-refractivity contribution in [3.05, 3.63) is 58.2 Å². The zero-order valence-electron chi connectivity index (χ0n) is 15.7. The van der Waals surface area contributed by atoms with Gasteiger partial charge in [-0.25, -0.2) is 0 Å². The molecular weight excluding hydrogens is 314 g/mol. The smallest absolute Gasteiger partial charge is 0.0656 e. The molecule has 0 aliphatic heterocycles. The minimum absolute atomic E-state index is 0.621. The van der Waals surface area contributed by atoms with E-state index in [2.05, 4.69) is 36.4 Å². The first-order valence-corrected chi connectivity index (χ1v) is 10.7. The quantitative estimate of drug-likeness (QED) is 0.600. The fourth-order valence-corrected chi connectivity index (χ4v) is 5.71. The van der Waals surface area contributed by atoms with Crippen molar-refractivity contribution in [2.45, 2.75) is 64.2 Å². The highest BCUT2D eigenvalue weighted by Crippen LogP contribution is 2.48. The van der Waals surface area contributed by atoms with Gasteiger partial charge in [-0.1, -0.05) is 62.8 Å². The van der Waals surface area contributed by atoms with E-state index in [1.165, 1.54) is 92.1 Å². The Bertz CT molecular complexity index is 823. The zero-order chi connectivity index (χ0) is 17.5.